The molecule has 1 unspecified atom stereocenters. The van der Waals surface area contributed by atoms with E-state index in [1.165, 1.54) is 9.35 Å². The van der Waals surface area contributed by atoms with Gasteiger partial charge >= 0.3 is 0 Å². The van der Waals surface area contributed by atoms with E-state index in [0.717, 1.165) is 45.6 Å². The number of ether oxygens (including phenoxy) is 2. The molecule has 1 aliphatic rings. The minimum atomic E-state index is -0.0908. The van der Waals surface area contributed by atoms with Gasteiger partial charge in [0, 0.05) is 54.5 Å². The fourth-order valence-electron chi connectivity index (χ4n) is 2.94. The lowest BCUT2D eigenvalue weighted by Crippen LogP contribution is -2.56. The van der Waals surface area contributed by atoms with Gasteiger partial charge in [0.25, 0.3) is 0 Å². The molecule has 0 aliphatic carbocycles. The molecule has 2 heterocycles. The first-order valence-corrected chi connectivity index (χ1v) is 9.06. The highest BCUT2D eigenvalue weighted by molar-refractivity contribution is 9.10. The van der Waals surface area contributed by atoms with Crippen molar-refractivity contribution in [1.29, 1.82) is 0 Å². The predicted octanol–water partition coefficient (Wildman–Crippen LogP) is 3.62. The molecule has 3 nitrogen and oxygen atoms in total. The van der Waals surface area contributed by atoms with Crippen molar-refractivity contribution in [2.24, 2.45) is 0 Å². The van der Waals surface area contributed by atoms with E-state index in [2.05, 4.69) is 46.5 Å². The Labute approximate surface area is 134 Å². The van der Waals surface area contributed by atoms with E-state index in [1.807, 2.05) is 11.3 Å². The molecule has 20 heavy (non-hydrogen) atoms. The van der Waals surface area contributed by atoms with Crippen LogP contribution in [0.25, 0.3) is 0 Å². The van der Waals surface area contributed by atoms with Crippen molar-refractivity contribution in [2.75, 3.05) is 26.4 Å². The summed E-state index contributed by atoms with van der Waals surface area (Å²) in [5.74, 6) is 0. The van der Waals surface area contributed by atoms with Crippen LogP contribution in [0.1, 0.15) is 31.6 Å². The standard InChI is InChI=1S/C15H24BrNO2S/c1-3-17-14(11-13-12(16)5-10-20-13)15(19-4-2)6-8-18-9-7-15/h5,10,14,17H,3-4,6-9,11H2,1-2H3. The normalized spacial score (nSPS) is 19.9. The highest BCUT2D eigenvalue weighted by Gasteiger charge is 2.41. The summed E-state index contributed by atoms with van der Waals surface area (Å²) in [5.41, 5.74) is -0.0908. The van der Waals surface area contributed by atoms with Gasteiger partial charge in [0.15, 0.2) is 0 Å². The summed E-state index contributed by atoms with van der Waals surface area (Å²) in [7, 11) is 0. The van der Waals surface area contributed by atoms with Crippen LogP contribution in [0.3, 0.4) is 0 Å². The molecular formula is C15H24BrNO2S. The number of thiophene rings is 1. The first-order valence-electron chi connectivity index (χ1n) is 7.38. The average molecular weight is 362 g/mol. The Morgan fingerprint density at radius 2 is 2.20 bits per heavy atom. The van der Waals surface area contributed by atoms with Crippen LogP contribution in [0.4, 0.5) is 0 Å². The Morgan fingerprint density at radius 1 is 1.45 bits per heavy atom. The van der Waals surface area contributed by atoms with Gasteiger partial charge in [-0.3, -0.25) is 0 Å². The molecule has 1 aromatic rings. The van der Waals surface area contributed by atoms with E-state index < -0.39 is 0 Å². The van der Waals surface area contributed by atoms with Gasteiger partial charge in [0.1, 0.15) is 0 Å². The van der Waals surface area contributed by atoms with Crippen molar-refractivity contribution in [3.8, 4) is 0 Å². The molecule has 1 fully saturated rings. The number of halogens is 1. The number of hydrogen-bond donors (Lipinski definition) is 1. The van der Waals surface area contributed by atoms with Gasteiger partial charge < -0.3 is 14.8 Å². The fourth-order valence-corrected chi connectivity index (χ4v) is 4.51. The van der Waals surface area contributed by atoms with Gasteiger partial charge in [-0.05, 0) is 40.8 Å². The maximum atomic E-state index is 6.22. The van der Waals surface area contributed by atoms with Crippen molar-refractivity contribution in [3.05, 3.63) is 20.8 Å². The third kappa shape index (κ3) is 3.83. The minimum absolute atomic E-state index is 0.0908. The van der Waals surface area contributed by atoms with Crippen LogP contribution < -0.4 is 5.32 Å². The summed E-state index contributed by atoms with van der Waals surface area (Å²) < 4.78 is 13.0. The molecule has 0 radical (unpaired) electrons. The number of nitrogens with one attached hydrogen (secondary N) is 1. The van der Waals surface area contributed by atoms with Gasteiger partial charge in [-0.25, -0.2) is 0 Å². The molecular weight excluding hydrogens is 338 g/mol. The molecule has 0 spiro atoms. The maximum absolute atomic E-state index is 6.22. The first kappa shape index (κ1) is 16.4. The molecule has 0 saturated carbocycles. The number of likely N-dealkylation sites (N-methyl/N-ethyl adjacent to an activating group) is 1. The second-order valence-corrected chi connectivity index (χ2v) is 6.97. The van der Waals surface area contributed by atoms with Crippen LogP contribution in [0.5, 0.6) is 0 Å². The van der Waals surface area contributed by atoms with Gasteiger partial charge in [-0.2, -0.15) is 0 Å². The van der Waals surface area contributed by atoms with Crippen molar-refractivity contribution in [1.82, 2.24) is 5.32 Å². The van der Waals surface area contributed by atoms with E-state index in [1.54, 1.807) is 0 Å². The SMILES string of the molecule is CCNC(Cc1sccc1Br)C1(OCC)CCOCC1. The van der Waals surface area contributed by atoms with Crippen LogP contribution >= 0.6 is 27.3 Å². The van der Waals surface area contributed by atoms with Crippen molar-refractivity contribution < 1.29 is 9.47 Å². The molecule has 0 aromatic carbocycles. The Hall–Kier alpha value is 0.0600. The molecule has 0 amide bonds. The molecule has 1 atom stereocenters. The fraction of sp³-hybridized carbons (Fsp3) is 0.733. The summed E-state index contributed by atoms with van der Waals surface area (Å²) in [6.45, 7) is 7.56. The Balaban J connectivity index is 2.17. The zero-order valence-electron chi connectivity index (χ0n) is 12.3. The quantitative estimate of drug-likeness (QED) is 0.804. The van der Waals surface area contributed by atoms with E-state index in [0.29, 0.717) is 6.04 Å². The van der Waals surface area contributed by atoms with Gasteiger partial charge in [-0.15, -0.1) is 11.3 Å². The van der Waals surface area contributed by atoms with Crippen molar-refractivity contribution >= 4 is 27.3 Å². The highest BCUT2D eigenvalue weighted by atomic mass is 79.9. The lowest BCUT2D eigenvalue weighted by atomic mass is 9.83. The van der Waals surface area contributed by atoms with Crippen molar-refractivity contribution in [2.45, 2.75) is 44.8 Å². The summed E-state index contributed by atoms with van der Waals surface area (Å²) in [6.07, 6.45) is 2.95. The Kier molecular flexibility index (Phi) is 6.49. The molecule has 1 aromatic heterocycles. The third-order valence-corrected chi connectivity index (χ3v) is 5.89. The molecule has 5 heteroatoms. The average Bonchev–Trinajstić information content (AvgIpc) is 2.85. The predicted molar refractivity (Wildman–Crippen MR) is 87.6 cm³/mol. The first-order chi connectivity index (χ1) is 9.72. The summed E-state index contributed by atoms with van der Waals surface area (Å²) in [6, 6.07) is 2.46. The van der Waals surface area contributed by atoms with E-state index in [-0.39, 0.29) is 5.60 Å². The van der Waals surface area contributed by atoms with Gasteiger partial charge in [-0.1, -0.05) is 6.92 Å². The van der Waals surface area contributed by atoms with Crippen LogP contribution in [0.15, 0.2) is 15.9 Å². The van der Waals surface area contributed by atoms with E-state index in [4.69, 9.17) is 9.47 Å². The number of hydrogen-bond acceptors (Lipinski definition) is 4. The van der Waals surface area contributed by atoms with E-state index in [9.17, 15) is 0 Å². The molecule has 114 valence electrons. The van der Waals surface area contributed by atoms with E-state index >= 15 is 0 Å². The topological polar surface area (TPSA) is 30.5 Å². The summed E-state index contributed by atoms with van der Waals surface area (Å²) in [5, 5.41) is 5.79. The zero-order valence-corrected chi connectivity index (χ0v) is 14.7. The second-order valence-electron chi connectivity index (χ2n) is 5.12. The Bertz CT molecular complexity index is 399. The molecule has 1 saturated heterocycles. The zero-order chi connectivity index (χ0) is 14.4. The number of rotatable bonds is 7. The monoisotopic (exact) mass is 361 g/mol. The highest BCUT2D eigenvalue weighted by Crippen LogP contribution is 2.33. The smallest absolute Gasteiger partial charge is 0.0881 e. The Morgan fingerprint density at radius 3 is 2.75 bits per heavy atom. The maximum Gasteiger partial charge on any atom is 0.0881 e. The molecule has 2 rings (SSSR count). The van der Waals surface area contributed by atoms with Crippen LogP contribution in [0, 0.1) is 0 Å². The van der Waals surface area contributed by atoms with Crippen LogP contribution in [-0.2, 0) is 15.9 Å². The van der Waals surface area contributed by atoms with Crippen LogP contribution in [-0.4, -0.2) is 38.0 Å². The van der Waals surface area contributed by atoms with Gasteiger partial charge in [0.2, 0.25) is 0 Å². The minimum Gasteiger partial charge on any atom is -0.381 e. The van der Waals surface area contributed by atoms with Crippen LogP contribution in [0.2, 0.25) is 0 Å². The lowest BCUT2D eigenvalue weighted by Gasteiger charge is -2.43. The molecule has 1 aliphatic heterocycles. The third-order valence-electron chi connectivity index (χ3n) is 3.94. The van der Waals surface area contributed by atoms with Gasteiger partial charge in [0.05, 0.1) is 5.60 Å². The largest absolute Gasteiger partial charge is 0.381 e. The molecule has 0 bridgehead atoms. The molecule has 1 N–H and O–H groups in total. The summed E-state index contributed by atoms with van der Waals surface area (Å²) in [4.78, 5) is 1.39. The van der Waals surface area contributed by atoms with Crippen molar-refractivity contribution in [3.63, 3.8) is 0 Å². The lowest BCUT2D eigenvalue weighted by molar-refractivity contribution is -0.126. The second kappa shape index (κ2) is 7.90. The summed E-state index contributed by atoms with van der Waals surface area (Å²) >= 11 is 5.45.